The van der Waals surface area contributed by atoms with E-state index in [2.05, 4.69) is 0 Å². The maximum Gasteiger partial charge on any atom is 0.409 e. The van der Waals surface area contributed by atoms with E-state index < -0.39 is 10.8 Å². The molecule has 2 aliphatic rings. The number of halogens is 1. The first-order valence-electron chi connectivity index (χ1n) is 11.6. The SMILES string of the molecule is CCOC(=O)N1CCN(C(=O)CC2=C(C)/C(=C/c3ccc(S(C)=O)cc3)c3ccc(F)cc32)CC1. The summed E-state index contributed by atoms with van der Waals surface area (Å²) in [7, 11) is -1.05. The van der Waals surface area contributed by atoms with Gasteiger partial charge in [0.05, 0.1) is 13.0 Å². The van der Waals surface area contributed by atoms with Crippen LogP contribution in [-0.4, -0.2) is 65.1 Å². The van der Waals surface area contributed by atoms with Gasteiger partial charge in [0, 0.05) is 48.1 Å². The highest BCUT2D eigenvalue weighted by molar-refractivity contribution is 7.84. The van der Waals surface area contributed by atoms with Gasteiger partial charge in [-0.1, -0.05) is 18.2 Å². The quantitative estimate of drug-likeness (QED) is 0.608. The number of ether oxygens (including phenoxy) is 1. The van der Waals surface area contributed by atoms with Crippen molar-refractivity contribution in [2.24, 2.45) is 0 Å². The largest absolute Gasteiger partial charge is 0.450 e. The Morgan fingerprint density at radius 3 is 2.31 bits per heavy atom. The van der Waals surface area contributed by atoms with Gasteiger partial charge < -0.3 is 14.5 Å². The summed E-state index contributed by atoms with van der Waals surface area (Å²) in [6, 6.07) is 12.2. The fourth-order valence-electron chi connectivity index (χ4n) is 4.52. The number of nitrogens with zero attached hydrogens (tertiary/aromatic N) is 2. The van der Waals surface area contributed by atoms with Gasteiger partial charge >= 0.3 is 6.09 Å². The van der Waals surface area contributed by atoms with Crippen LogP contribution in [0, 0.1) is 5.82 Å². The topological polar surface area (TPSA) is 66.9 Å². The number of fused-ring (bicyclic) bond motifs is 1. The predicted octanol–water partition coefficient (Wildman–Crippen LogP) is 4.58. The molecule has 1 heterocycles. The molecule has 1 fully saturated rings. The van der Waals surface area contributed by atoms with Gasteiger partial charge in [0.15, 0.2) is 0 Å². The highest BCUT2D eigenvalue weighted by atomic mass is 32.2. The molecular formula is C27H29FN2O4S. The number of carbonyl (C=O) groups excluding carboxylic acids is 2. The zero-order valence-corrected chi connectivity index (χ0v) is 21.0. The van der Waals surface area contributed by atoms with Crippen molar-refractivity contribution in [1.82, 2.24) is 9.80 Å². The summed E-state index contributed by atoms with van der Waals surface area (Å²) < 4.78 is 30.9. The molecule has 2 aromatic rings. The maximum atomic E-state index is 14.2. The summed E-state index contributed by atoms with van der Waals surface area (Å²) in [4.78, 5) is 29.2. The maximum absolute atomic E-state index is 14.2. The summed E-state index contributed by atoms with van der Waals surface area (Å²) in [6.07, 6.45) is 3.46. The number of benzene rings is 2. The van der Waals surface area contributed by atoms with Crippen LogP contribution in [-0.2, 0) is 20.3 Å². The van der Waals surface area contributed by atoms with Gasteiger partial charge in [-0.05, 0) is 77.6 Å². The van der Waals surface area contributed by atoms with Crippen molar-refractivity contribution in [2.45, 2.75) is 25.2 Å². The predicted molar refractivity (Wildman–Crippen MR) is 135 cm³/mol. The van der Waals surface area contributed by atoms with Gasteiger partial charge in [0.2, 0.25) is 5.91 Å². The third kappa shape index (κ3) is 5.37. The zero-order chi connectivity index (χ0) is 25.1. The molecule has 2 amide bonds. The molecule has 0 radical (unpaired) electrons. The standard InChI is InChI=1S/C27H29FN2O4S/c1-4-34-27(32)30-13-11-29(12-14-30)26(31)17-24-18(2)23(22-10-7-20(28)16-25(22)24)15-19-5-8-21(9-6-19)35(3)33/h5-10,15-16H,4,11-14,17H2,1-3H3/b23-15-. The molecule has 8 heteroatoms. The Morgan fingerprint density at radius 2 is 1.69 bits per heavy atom. The van der Waals surface area contributed by atoms with E-state index in [-0.39, 0.29) is 24.2 Å². The Hall–Kier alpha value is -3.26. The molecule has 1 saturated heterocycles. The monoisotopic (exact) mass is 496 g/mol. The smallest absolute Gasteiger partial charge is 0.409 e. The van der Waals surface area contributed by atoms with Crippen LogP contribution in [0.15, 0.2) is 52.9 Å². The van der Waals surface area contributed by atoms with Gasteiger partial charge in [-0.25, -0.2) is 9.18 Å². The van der Waals surface area contributed by atoms with E-state index in [4.69, 9.17) is 4.74 Å². The van der Waals surface area contributed by atoms with Crippen LogP contribution in [0.2, 0.25) is 0 Å². The van der Waals surface area contributed by atoms with Crippen molar-refractivity contribution in [3.8, 4) is 0 Å². The molecule has 0 spiro atoms. The second-order valence-electron chi connectivity index (χ2n) is 8.62. The van der Waals surface area contributed by atoms with E-state index in [1.165, 1.54) is 12.1 Å². The Labute approximate surface area is 207 Å². The van der Waals surface area contributed by atoms with Crippen LogP contribution in [0.4, 0.5) is 9.18 Å². The van der Waals surface area contributed by atoms with Crippen molar-refractivity contribution >= 4 is 40.0 Å². The molecule has 6 nitrogen and oxygen atoms in total. The number of hydrogen-bond acceptors (Lipinski definition) is 4. The average molecular weight is 497 g/mol. The molecule has 1 aliphatic carbocycles. The molecule has 35 heavy (non-hydrogen) atoms. The number of carbonyl (C=O) groups is 2. The zero-order valence-electron chi connectivity index (χ0n) is 20.2. The van der Waals surface area contributed by atoms with E-state index in [0.29, 0.717) is 32.8 Å². The molecule has 1 unspecified atom stereocenters. The van der Waals surface area contributed by atoms with Crippen LogP contribution < -0.4 is 0 Å². The van der Waals surface area contributed by atoms with E-state index >= 15 is 0 Å². The molecular weight excluding hydrogens is 467 g/mol. The van der Waals surface area contributed by atoms with E-state index in [9.17, 15) is 18.2 Å². The molecule has 4 rings (SSSR count). The van der Waals surface area contributed by atoms with Crippen molar-refractivity contribution in [3.05, 3.63) is 70.5 Å². The molecule has 184 valence electrons. The van der Waals surface area contributed by atoms with E-state index in [1.54, 1.807) is 29.0 Å². The summed E-state index contributed by atoms with van der Waals surface area (Å²) >= 11 is 0. The van der Waals surface area contributed by atoms with Crippen molar-refractivity contribution in [1.29, 1.82) is 0 Å². The van der Waals surface area contributed by atoms with Crippen molar-refractivity contribution in [3.63, 3.8) is 0 Å². The first-order chi connectivity index (χ1) is 16.8. The summed E-state index contributed by atoms with van der Waals surface area (Å²) in [6.45, 7) is 5.78. The Bertz CT molecular complexity index is 1230. The van der Waals surface area contributed by atoms with Crippen LogP contribution in [0.5, 0.6) is 0 Å². The Balaban J connectivity index is 1.56. The molecule has 0 aromatic heterocycles. The summed E-state index contributed by atoms with van der Waals surface area (Å²) in [5.74, 6) is -0.394. The van der Waals surface area contributed by atoms with Crippen LogP contribution >= 0.6 is 0 Å². The van der Waals surface area contributed by atoms with Gasteiger partial charge in [0.1, 0.15) is 5.82 Å². The molecule has 1 aliphatic heterocycles. The second-order valence-corrected chi connectivity index (χ2v) is 10.00. The molecule has 1 atom stereocenters. The first-order valence-corrected chi connectivity index (χ1v) is 13.2. The molecule has 0 saturated carbocycles. The average Bonchev–Trinajstić information content (AvgIpc) is 3.09. The fraction of sp³-hybridized carbons (Fsp3) is 0.333. The fourth-order valence-corrected chi connectivity index (χ4v) is 5.04. The third-order valence-electron chi connectivity index (χ3n) is 6.46. The van der Waals surface area contributed by atoms with Crippen LogP contribution in [0.3, 0.4) is 0 Å². The minimum atomic E-state index is -1.05. The van der Waals surface area contributed by atoms with Gasteiger partial charge in [-0.15, -0.1) is 0 Å². The lowest BCUT2D eigenvalue weighted by Gasteiger charge is -2.34. The second kappa shape index (κ2) is 10.6. The normalized spacial score (nSPS) is 17.5. The molecule has 2 aromatic carbocycles. The number of amides is 2. The lowest BCUT2D eigenvalue weighted by molar-refractivity contribution is -0.131. The number of piperazine rings is 1. The van der Waals surface area contributed by atoms with Gasteiger partial charge in [0.25, 0.3) is 0 Å². The number of rotatable bonds is 5. The van der Waals surface area contributed by atoms with Crippen molar-refractivity contribution < 1.29 is 22.9 Å². The number of hydrogen-bond donors (Lipinski definition) is 0. The Morgan fingerprint density at radius 1 is 1.03 bits per heavy atom. The Kier molecular flexibility index (Phi) is 7.50. The number of allylic oxidation sites excluding steroid dienone is 2. The van der Waals surface area contributed by atoms with E-state index in [1.807, 2.05) is 37.3 Å². The van der Waals surface area contributed by atoms with Gasteiger partial charge in [-0.3, -0.25) is 9.00 Å². The first kappa shape index (κ1) is 24.9. The van der Waals surface area contributed by atoms with Crippen LogP contribution in [0.25, 0.3) is 17.2 Å². The summed E-state index contributed by atoms with van der Waals surface area (Å²) in [5.41, 5.74) is 5.26. The highest BCUT2D eigenvalue weighted by Crippen LogP contribution is 2.44. The molecule has 0 N–H and O–H groups in total. The van der Waals surface area contributed by atoms with Crippen molar-refractivity contribution in [2.75, 3.05) is 39.0 Å². The van der Waals surface area contributed by atoms with Gasteiger partial charge in [-0.2, -0.15) is 0 Å². The third-order valence-corrected chi connectivity index (χ3v) is 7.40. The highest BCUT2D eigenvalue weighted by Gasteiger charge is 2.29. The van der Waals surface area contributed by atoms with Crippen LogP contribution in [0.1, 0.15) is 37.0 Å². The molecule has 0 bridgehead atoms. The lowest BCUT2D eigenvalue weighted by atomic mass is 10.0. The van der Waals surface area contributed by atoms with E-state index in [0.717, 1.165) is 38.3 Å². The minimum Gasteiger partial charge on any atom is -0.450 e. The lowest BCUT2D eigenvalue weighted by Crippen LogP contribution is -2.50. The minimum absolute atomic E-state index is 0.0471. The summed E-state index contributed by atoms with van der Waals surface area (Å²) in [5, 5.41) is 0.